The quantitative estimate of drug-likeness (QED) is 0.868. The summed E-state index contributed by atoms with van der Waals surface area (Å²) >= 11 is 1.35. The predicted octanol–water partition coefficient (Wildman–Crippen LogP) is 1.83. The van der Waals surface area contributed by atoms with Gasteiger partial charge in [-0.25, -0.2) is 13.4 Å². The molecular formula is C13H14N2O3S2. The van der Waals surface area contributed by atoms with Crippen LogP contribution in [0.25, 0.3) is 10.6 Å². The summed E-state index contributed by atoms with van der Waals surface area (Å²) in [6, 6.07) is 9.58. The molecule has 3 rings (SSSR count). The minimum absolute atomic E-state index is 0.128. The molecule has 2 aromatic rings. The van der Waals surface area contributed by atoms with Crippen molar-refractivity contribution >= 4 is 21.4 Å². The number of thiazole rings is 1. The first kappa shape index (κ1) is 13.7. The summed E-state index contributed by atoms with van der Waals surface area (Å²) in [5, 5.41) is 2.45. The molecule has 0 spiro atoms. The summed E-state index contributed by atoms with van der Waals surface area (Å²) in [5.74, 6) is 0. The molecule has 0 atom stereocenters. The maximum atomic E-state index is 12.4. The largest absolute Gasteiger partial charge is 0.379 e. The third-order valence-corrected chi connectivity index (χ3v) is 5.90. The van der Waals surface area contributed by atoms with Crippen molar-refractivity contribution in [1.82, 2.24) is 9.29 Å². The molecule has 0 unspecified atom stereocenters. The molecule has 7 heteroatoms. The molecule has 1 saturated heterocycles. The minimum Gasteiger partial charge on any atom is -0.379 e. The fourth-order valence-corrected chi connectivity index (χ4v) is 4.49. The van der Waals surface area contributed by atoms with Crippen molar-refractivity contribution in [1.29, 1.82) is 0 Å². The lowest BCUT2D eigenvalue weighted by Gasteiger charge is -2.24. The Hall–Kier alpha value is -1.28. The minimum atomic E-state index is -3.50. The normalized spacial score (nSPS) is 17.2. The number of benzene rings is 1. The van der Waals surface area contributed by atoms with Crippen LogP contribution in [0.1, 0.15) is 0 Å². The molecule has 0 amide bonds. The van der Waals surface area contributed by atoms with Gasteiger partial charge in [-0.1, -0.05) is 30.3 Å². The highest BCUT2D eigenvalue weighted by Crippen LogP contribution is 2.27. The van der Waals surface area contributed by atoms with Gasteiger partial charge in [0.25, 0.3) is 10.0 Å². The van der Waals surface area contributed by atoms with E-state index in [2.05, 4.69) is 4.98 Å². The summed E-state index contributed by atoms with van der Waals surface area (Å²) in [7, 11) is -3.50. The number of aromatic nitrogens is 1. The van der Waals surface area contributed by atoms with Crippen molar-refractivity contribution in [2.45, 2.75) is 5.03 Å². The molecule has 1 aromatic heterocycles. The van der Waals surface area contributed by atoms with E-state index in [4.69, 9.17) is 4.74 Å². The van der Waals surface area contributed by atoms with Crippen molar-refractivity contribution < 1.29 is 13.2 Å². The number of sulfonamides is 1. The summed E-state index contributed by atoms with van der Waals surface area (Å²) in [6.45, 7) is 1.66. The van der Waals surface area contributed by atoms with Crippen molar-refractivity contribution in [2.75, 3.05) is 26.3 Å². The van der Waals surface area contributed by atoms with Gasteiger partial charge in [0, 0.05) is 24.0 Å². The summed E-state index contributed by atoms with van der Waals surface area (Å²) < 4.78 is 31.5. The van der Waals surface area contributed by atoms with Gasteiger partial charge in [0.1, 0.15) is 5.01 Å². The van der Waals surface area contributed by atoms with Crippen molar-refractivity contribution in [3.05, 3.63) is 35.7 Å². The van der Waals surface area contributed by atoms with Gasteiger partial charge >= 0.3 is 0 Å². The number of nitrogens with zero attached hydrogens (tertiary/aromatic N) is 2. The summed E-state index contributed by atoms with van der Waals surface area (Å²) in [4.78, 5) is 4.28. The first-order valence-electron chi connectivity index (χ1n) is 6.27. The van der Waals surface area contributed by atoms with E-state index in [1.807, 2.05) is 30.3 Å². The van der Waals surface area contributed by atoms with E-state index in [-0.39, 0.29) is 5.03 Å². The Morgan fingerprint density at radius 3 is 2.55 bits per heavy atom. The molecule has 0 N–H and O–H groups in total. The fourth-order valence-electron chi connectivity index (χ4n) is 2.01. The lowest BCUT2D eigenvalue weighted by Crippen LogP contribution is -2.40. The Morgan fingerprint density at radius 1 is 1.15 bits per heavy atom. The third kappa shape index (κ3) is 2.62. The molecule has 1 aromatic carbocycles. The first-order valence-corrected chi connectivity index (χ1v) is 8.59. The van der Waals surface area contributed by atoms with Crippen LogP contribution < -0.4 is 0 Å². The average Bonchev–Trinajstić information content (AvgIpc) is 3.00. The monoisotopic (exact) mass is 310 g/mol. The van der Waals surface area contributed by atoms with Gasteiger partial charge in [0.05, 0.1) is 13.2 Å². The lowest BCUT2D eigenvalue weighted by molar-refractivity contribution is 0.0729. The van der Waals surface area contributed by atoms with Crippen LogP contribution in [0.5, 0.6) is 0 Å². The highest BCUT2D eigenvalue weighted by molar-refractivity contribution is 7.89. The van der Waals surface area contributed by atoms with E-state index < -0.39 is 10.0 Å². The SMILES string of the molecule is O=S(=O)(c1csc(-c2ccccc2)n1)N1CCOCC1. The fraction of sp³-hybridized carbons (Fsp3) is 0.308. The van der Waals surface area contributed by atoms with Gasteiger partial charge in [-0.3, -0.25) is 0 Å². The first-order chi connectivity index (χ1) is 9.68. The predicted molar refractivity (Wildman–Crippen MR) is 77.1 cm³/mol. The van der Waals surface area contributed by atoms with Gasteiger partial charge in [0.2, 0.25) is 0 Å². The van der Waals surface area contributed by atoms with Crippen LogP contribution in [-0.2, 0) is 14.8 Å². The van der Waals surface area contributed by atoms with Crippen molar-refractivity contribution in [3.8, 4) is 10.6 Å². The van der Waals surface area contributed by atoms with E-state index in [0.29, 0.717) is 26.3 Å². The Balaban J connectivity index is 1.89. The molecule has 106 valence electrons. The van der Waals surface area contributed by atoms with E-state index in [9.17, 15) is 8.42 Å². The molecule has 1 aliphatic rings. The molecule has 1 fully saturated rings. The number of hydrogen-bond donors (Lipinski definition) is 0. The summed E-state index contributed by atoms with van der Waals surface area (Å²) in [6.07, 6.45) is 0. The van der Waals surface area contributed by atoms with E-state index in [1.54, 1.807) is 5.38 Å². The highest BCUT2D eigenvalue weighted by Gasteiger charge is 2.28. The smallest absolute Gasteiger partial charge is 0.261 e. The van der Waals surface area contributed by atoms with E-state index in [1.165, 1.54) is 15.6 Å². The van der Waals surface area contributed by atoms with Gasteiger partial charge < -0.3 is 4.74 Å². The Bertz CT molecular complexity index is 677. The van der Waals surface area contributed by atoms with E-state index >= 15 is 0 Å². The van der Waals surface area contributed by atoms with Crippen LogP contribution in [0.4, 0.5) is 0 Å². The molecule has 0 saturated carbocycles. The van der Waals surface area contributed by atoms with Gasteiger partial charge in [-0.05, 0) is 0 Å². The standard InChI is InChI=1S/C13H14N2O3S2/c16-20(17,15-6-8-18-9-7-15)12-10-19-13(14-12)11-4-2-1-3-5-11/h1-5,10H,6-9H2. The molecule has 5 nitrogen and oxygen atoms in total. The van der Waals surface area contributed by atoms with Gasteiger partial charge in [-0.2, -0.15) is 4.31 Å². The second-order valence-electron chi connectivity index (χ2n) is 4.37. The second-order valence-corrected chi connectivity index (χ2v) is 7.12. The molecule has 0 radical (unpaired) electrons. The van der Waals surface area contributed by atoms with Crippen LogP contribution in [0.2, 0.25) is 0 Å². The number of rotatable bonds is 3. The van der Waals surface area contributed by atoms with Crippen LogP contribution >= 0.6 is 11.3 Å². The molecule has 1 aliphatic heterocycles. The second kappa shape index (κ2) is 5.61. The van der Waals surface area contributed by atoms with Crippen LogP contribution in [0, 0.1) is 0 Å². The lowest BCUT2D eigenvalue weighted by atomic mass is 10.2. The van der Waals surface area contributed by atoms with Gasteiger partial charge in [0.15, 0.2) is 5.03 Å². The maximum absolute atomic E-state index is 12.4. The zero-order chi connectivity index (χ0) is 14.0. The topological polar surface area (TPSA) is 59.5 Å². The Kier molecular flexibility index (Phi) is 3.84. The number of hydrogen-bond acceptors (Lipinski definition) is 5. The summed E-state index contributed by atoms with van der Waals surface area (Å²) in [5.41, 5.74) is 0.931. The number of ether oxygens (including phenoxy) is 1. The number of morpholine rings is 1. The zero-order valence-electron chi connectivity index (χ0n) is 10.7. The molecule has 0 aliphatic carbocycles. The third-order valence-electron chi connectivity index (χ3n) is 3.08. The molecule has 2 heterocycles. The zero-order valence-corrected chi connectivity index (χ0v) is 12.4. The van der Waals surface area contributed by atoms with Crippen LogP contribution in [-0.4, -0.2) is 44.0 Å². The van der Waals surface area contributed by atoms with Crippen LogP contribution in [0.3, 0.4) is 0 Å². The van der Waals surface area contributed by atoms with Gasteiger partial charge in [-0.15, -0.1) is 11.3 Å². The highest BCUT2D eigenvalue weighted by atomic mass is 32.2. The average molecular weight is 310 g/mol. The Labute approximate surface area is 121 Å². The molecular weight excluding hydrogens is 296 g/mol. The van der Waals surface area contributed by atoms with Crippen molar-refractivity contribution in [2.24, 2.45) is 0 Å². The molecule has 20 heavy (non-hydrogen) atoms. The maximum Gasteiger partial charge on any atom is 0.261 e. The van der Waals surface area contributed by atoms with Crippen LogP contribution in [0.15, 0.2) is 40.7 Å². The van der Waals surface area contributed by atoms with E-state index in [0.717, 1.165) is 10.6 Å². The Morgan fingerprint density at radius 2 is 1.85 bits per heavy atom. The van der Waals surface area contributed by atoms with Crippen molar-refractivity contribution in [3.63, 3.8) is 0 Å². The molecule has 0 bridgehead atoms.